The topological polar surface area (TPSA) is 90.9 Å². The summed E-state index contributed by atoms with van der Waals surface area (Å²) >= 11 is 1.61. The summed E-state index contributed by atoms with van der Waals surface area (Å²) in [6.07, 6.45) is 1.13. The maximum atomic E-state index is 11.8. The SMILES string of the molecule is CSc1ccc(C(O)CNC(=O)C(=O)NCCN2CCOCC2)cc1. The van der Waals surface area contributed by atoms with Crippen molar-refractivity contribution in [3.8, 4) is 0 Å². The molecule has 0 radical (unpaired) electrons. The third-order valence-electron chi connectivity index (χ3n) is 3.98. The molecule has 8 heteroatoms. The Kier molecular flexibility index (Phi) is 8.20. The van der Waals surface area contributed by atoms with Crippen molar-refractivity contribution in [3.63, 3.8) is 0 Å². The summed E-state index contributed by atoms with van der Waals surface area (Å²) in [5.41, 5.74) is 0.700. The lowest BCUT2D eigenvalue weighted by Gasteiger charge is -2.26. The number of carbonyl (C=O) groups is 2. The van der Waals surface area contributed by atoms with Crippen LogP contribution in [0, 0.1) is 0 Å². The summed E-state index contributed by atoms with van der Waals surface area (Å²) < 4.78 is 5.25. The Balaban J connectivity index is 1.66. The fraction of sp³-hybridized carbons (Fsp3) is 0.529. The van der Waals surface area contributed by atoms with Gasteiger partial charge in [-0.2, -0.15) is 0 Å². The van der Waals surface area contributed by atoms with Crippen LogP contribution in [0.5, 0.6) is 0 Å². The molecule has 0 aliphatic carbocycles. The van der Waals surface area contributed by atoms with E-state index in [0.717, 1.165) is 18.0 Å². The molecule has 1 fully saturated rings. The standard InChI is InChI=1S/C17H25N3O4S/c1-25-14-4-2-13(3-5-14)15(21)12-19-17(23)16(22)18-6-7-20-8-10-24-11-9-20/h2-5,15,21H,6-12H2,1H3,(H,18,22)(H,19,23). The van der Waals surface area contributed by atoms with Gasteiger partial charge in [0.05, 0.1) is 19.3 Å². The van der Waals surface area contributed by atoms with Gasteiger partial charge in [0.1, 0.15) is 0 Å². The normalized spacial score (nSPS) is 16.2. The average Bonchev–Trinajstić information content (AvgIpc) is 2.66. The minimum absolute atomic E-state index is 0.00562. The lowest BCUT2D eigenvalue weighted by atomic mass is 10.1. The fourth-order valence-electron chi connectivity index (χ4n) is 2.45. The van der Waals surface area contributed by atoms with Gasteiger partial charge in [-0.3, -0.25) is 14.5 Å². The van der Waals surface area contributed by atoms with Gasteiger partial charge in [0.25, 0.3) is 0 Å². The van der Waals surface area contributed by atoms with Crippen LogP contribution in [0.3, 0.4) is 0 Å². The van der Waals surface area contributed by atoms with Crippen molar-refractivity contribution >= 4 is 23.6 Å². The first kappa shape index (κ1) is 19.7. The first-order valence-corrected chi connectivity index (χ1v) is 9.50. The zero-order chi connectivity index (χ0) is 18.1. The Labute approximate surface area is 152 Å². The van der Waals surface area contributed by atoms with Crippen LogP contribution in [-0.2, 0) is 14.3 Å². The van der Waals surface area contributed by atoms with Crippen LogP contribution in [0.1, 0.15) is 11.7 Å². The van der Waals surface area contributed by atoms with E-state index in [1.54, 1.807) is 11.8 Å². The molecule has 1 aliphatic rings. The van der Waals surface area contributed by atoms with Crippen molar-refractivity contribution in [1.29, 1.82) is 0 Å². The molecule has 1 aliphatic heterocycles. The Morgan fingerprint density at radius 2 is 1.84 bits per heavy atom. The molecule has 1 aromatic rings. The Hall–Kier alpha value is -1.61. The van der Waals surface area contributed by atoms with Crippen LogP contribution in [0.4, 0.5) is 0 Å². The van der Waals surface area contributed by atoms with E-state index < -0.39 is 17.9 Å². The van der Waals surface area contributed by atoms with E-state index in [-0.39, 0.29) is 6.54 Å². The molecular formula is C17H25N3O4S. The van der Waals surface area contributed by atoms with E-state index in [1.165, 1.54) is 0 Å². The molecule has 1 aromatic carbocycles. The molecule has 2 rings (SSSR count). The summed E-state index contributed by atoms with van der Waals surface area (Å²) in [4.78, 5) is 26.8. The van der Waals surface area contributed by atoms with Crippen molar-refractivity contribution in [1.82, 2.24) is 15.5 Å². The molecule has 1 heterocycles. The minimum Gasteiger partial charge on any atom is -0.387 e. The second kappa shape index (κ2) is 10.4. The van der Waals surface area contributed by atoms with Crippen LogP contribution < -0.4 is 10.6 Å². The third-order valence-corrected chi connectivity index (χ3v) is 4.72. The number of ether oxygens (including phenoxy) is 1. The van der Waals surface area contributed by atoms with Crippen molar-refractivity contribution < 1.29 is 19.4 Å². The van der Waals surface area contributed by atoms with Crippen molar-refractivity contribution in [2.24, 2.45) is 0 Å². The zero-order valence-corrected chi connectivity index (χ0v) is 15.2. The summed E-state index contributed by atoms with van der Waals surface area (Å²) in [7, 11) is 0. The molecule has 2 amide bonds. The van der Waals surface area contributed by atoms with Crippen LogP contribution in [-0.4, -0.2) is 74.0 Å². The lowest BCUT2D eigenvalue weighted by molar-refractivity contribution is -0.139. The van der Waals surface area contributed by atoms with E-state index in [4.69, 9.17) is 4.74 Å². The predicted molar refractivity (Wildman–Crippen MR) is 96.5 cm³/mol. The highest BCUT2D eigenvalue weighted by atomic mass is 32.2. The monoisotopic (exact) mass is 367 g/mol. The van der Waals surface area contributed by atoms with Gasteiger partial charge in [0.2, 0.25) is 0 Å². The van der Waals surface area contributed by atoms with Crippen LogP contribution in [0.25, 0.3) is 0 Å². The third kappa shape index (κ3) is 6.66. The number of aliphatic hydroxyl groups excluding tert-OH is 1. The maximum absolute atomic E-state index is 11.8. The molecule has 0 spiro atoms. The number of morpholine rings is 1. The van der Waals surface area contributed by atoms with E-state index in [9.17, 15) is 14.7 Å². The smallest absolute Gasteiger partial charge is 0.309 e. The van der Waals surface area contributed by atoms with Gasteiger partial charge >= 0.3 is 11.8 Å². The summed E-state index contributed by atoms with van der Waals surface area (Å²) in [6.45, 7) is 4.16. The molecular weight excluding hydrogens is 342 g/mol. The minimum atomic E-state index is -0.846. The number of rotatable bonds is 7. The van der Waals surface area contributed by atoms with Crippen LogP contribution in [0.15, 0.2) is 29.2 Å². The lowest BCUT2D eigenvalue weighted by Crippen LogP contribution is -2.45. The number of nitrogens with zero attached hydrogens (tertiary/aromatic N) is 1. The molecule has 25 heavy (non-hydrogen) atoms. The predicted octanol–water partition coefficient (Wildman–Crippen LogP) is 0.00650. The van der Waals surface area contributed by atoms with Crippen LogP contribution >= 0.6 is 11.8 Å². The molecule has 3 N–H and O–H groups in total. The average molecular weight is 367 g/mol. The van der Waals surface area contributed by atoms with E-state index in [0.29, 0.717) is 31.9 Å². The van der Waals surface area contributed by atoms with Crippen molar-refractivity contribution in [2.45, 2.75) is 11.0 Å². The second-order valence-electron chi connectivity index (χ2n) is 5.71. The molecule has 0 saturated carbocycles. The van der Waals surface area contributed by atoms with Crippen molar-refractivity contribution in [3.05, 3.63) is 29.8 Å². The van der Waals surface area contributed by atoms with Gasteiger partial charge in [-0.15, -0.1) is 11.8 Å². The summed E-state index contributed by atoms with van der Waals surface area (Å²) in [6, 6.07) is 7.43. The van der Waals surface area contributed by atoms with E-state index in [2.05, 4.69) is 15.5 Å². The Morgan fingerprint density at radius 1 is 1.20 bits per heavy atom. The number of thioether (sulfide) groups is 1. The molecule has 138 valence electrons. The van der Waals surface area contributed by atoms with Crippen LogP contribution in [0.2, 0.25) is 0 Å². The number of hydrogen-bond acceptors (Lipinski definition) is 6. The highest BCUT2D eigenvalue weighted by molar-refractivity contribution is 7.98. The second-order valence-corrected chi connectivity index (χ2v) is 6.59. The molecule has 0 aromatic heterocycles. The zero-order valence-electron chi connectivity index (χ0n) is 14.4. The number of nitrogens with one attached hydrogen (secondary N) is 2. The quantitative estimate of drug-likeness (QED) is 0.464. The number of benzene rings is 1. The van der Waals surface area contributed by atoms with Gasteiger partial charge in [0.15, 0.2) is 0 Å². The van der Waals surface area contributed by atoms with Gasteiger partial charge in [0, 0.05) is 37.6 Å². The number of hydrogen-bond donors (Lipinski definition) is 3. The van der Waals surface area contributed by atoms with Crippen molar-refractivity contribution in [2.75, 3.05) is 52.2 Å². The molecule has 1 unspecified atom stereocenters. The first-order chi connectivity index (χ1) is 12.1. The number of carbonyl (C=O) groups excluding carboxylic acids is 2. The number of aliphatic hydroxyl groups is 1. The Bertz CT molecular complexity index is 562. The number of amides is 2. The van der Waals surface area contributed by atoms with Gasteiger partial charge in [-0.05, 0) is 24.0 Å². The van der Waals surface area contributed by atoms with Gasteiger partial charge in [-0.1, -0.05) is 12.1 Å². The molecule has 7 nitrogen and oxygen atoms in total. The van der Waals surface area contributed by atoms with Gasteiger partial charge < -0.3 is 20.5 Å². The maximum Gasteiger partial charge on any atom is 0.309 e. The highest BCUT2D eigenvalue weighted by Crippen LogP contribution is 2.18. The highest BCUT2D eigenvalue weighted by Gasteiger charge is 2.16. The van der Waals surface area contributed by atoms with Gasteiger partial charge in [-0.25, -0.2) is 0 Å². The fourth-order valence-corrected chi connectivity index (χ4v) is 2.85. The summed E-state index contributed by atoms with van der Waals surface area (Å²) in [5.74, 6) is -1.42. The first-order valence-electron chi connectivity index (χ1n) is 8.28. The molecule has 1 saturated heterocycles. The summed E-state index contributed by atoms with van der Waals surface area (Å²) in [5, 5.41) is 15.1. The molecule has 1 atom stereocenters. The van der Waals surface area contributed by atoms with E-state index >= 15 is 0 Å². The van der Waals surface area contributed by atoms with E-state index in [1.807, 2.05) is 30.5 Å². The largest absolute Gasteiger partial charge is 0.387 e. The Morgan fingerprint density at radius 3 is 2.48 bits per heavy atom. The molecule has 0 bridgehead atoms.